The van der Waals surface area contributed by atoms with E-state index in [1.54, 1.807) is 12.2 Å². The van der Waals surface area contributed by atoms with Gasteiger partial charge >= 0.3 is 0 Å². The van der Waals surface area contributed by atoms with Gasteiger partial charge in [0.1, 0.15) is 11.6 Å². The molecule has 1 aromatic rings. The van der Waals surface area contributed by atoms with Crippen LogP contribution in [0.1, 0.15) is 58.6 Å². The molecule has 2 atom stereocenters. The second-order valence-corrected chi connectivity index (χ2v) is 15.8. The fraction of sp³-hybridized carbons (Fsp3) is 0.571. The molecule has 6 nitrogen and oxygen atoms in total. The lowest BCUT2D eigenvalue weighted by Crippen LogP contribution is -2.61. The Hall–Kier alpha value is -2.22. The zero-order valence-corrected chi connectivity index (χ0v) is 23.7. The van der Waals surface area contributed by atoms with Crippen molar-refractivity contribution in [2.75, 3.05) is 13.2 Å². The number of rotatable bonds is 14. The first-order chi connectivity index (χ1) is 16.2. The molecule has 0 saturated heterocycles. The Morgan fingerprint density at radius 1 is 1.14 bits per heavy atom. The molecular formula is C28H46N2O4Si. The molecule has 196 valence electrons. The minimum Gasteiger partial charge on any atom is -0.402 e. The first-order valence-electron chi connectivity index (χ1n) is 12.4. The van der Waals surface area contributed by atoms with Gasteiger partial charge in [-0.15, -0.1) is 6.58 Å². The van der Waals surface area contributed by atoms with E-state index in [9.17, 15) is 14.7 Å². The maximum Gasteiger partial charge on any atom is 0.252 e. The molecule has 7 heteroatoms. The van der Waals surface area contributed by atoms with Crippen LogP contribution >= 0.6 is 0 Å². The van der Waals surface area contributed by atoms with Crippen LogP contribution in [0.25, 0.3) is 6.08 Å². The Bertz CT molecular complexity index is 859. The Morgan fingerprint density at radius 2 is 1.74 bits per heavy atom. The smallest absolute Gasteiger partial charge is 0.252 e. The molecule has 0 saturated carbocycles. The van der Waals surface area contributed by atoms with E-state index in [4.69, 9.17) is 4.43 Å². The first kappa shape index (κ1) is 30.8. The lowest BCUT2D eigenvalue weighted by molar-refractivity contribution is -0.142. The monoisotopic (exact) mass is 502 g/mol. The highest BCUT2D eigenvalue weighted by molar-refractivity contribution is 6.74. The third-order valence-electron chi connectivity index (χ3n) is 6.77. The zero-order chi connectivity index (χ0) is 26.9. The molecule has 2 amide bonds. The van der Waals surface area contributed by atoms with Gasteiger partial charge in [-0.2, -0.15) is 0 Å². The molecule has 0 spiro atoms. The average Bonchev–Trinajstić information content (AvgIpc) is 2.78. The fourth-order valence-corrected chi connectivity index (χ4v) is 5.16. The zero-order valence-electron chi connectivity index (χ0n) is 22.7. The van der Waals surface area contributed by atoms with Gasteiger partial charge in [-0.05, 0) is 48.0 Å². The summed E-state index contributed by atoms with van der Waals surface area (Å²) >= 11 is 0. The lowest BCUT2D eigenvalue weighted by Gasteiger charge is -2.45. The standard InChI is InChI=1S/C28H46N2O4Si/c1-10-18-29-25(32)24(21(3)4)30-26(33)28(17-12-19-31,34-35(8,9)27(5,6)7)20-23-15-13-22(11-2)14-16-23/h10-11,13-16,21,24,31H,1-2,12,17-20H2,3-9H3,(H,29,32)(H,30,33)/t24-,28+/m0/s1. The number of carbonyl (C=O) groups excluding carboxylic acids is 2. The van der Waals surface area contributed by atoms with E-state index in [-0.39, 0.29) is 29.4 Å². The van der Waals surface area contributed by atoms with Crippen LogP contribution in [-0.4, -0.2) is 50.0 Å². The molecule has 1 aromatic carbocycles. The summed E-state index contributed by atoms with van der Waals surface area (Å²) in [6, 6.07) is 7.15. The van der Waals surface area contributed by atoms with Crippen LogP contribution in [0.3, 0.4) is 0 Å². The highest BCUT2D eigenvalue weighted by Gasteiger charge is 2.49. The molecular weight excluding hydrogens is 456 g/mol. The van der Waals surface area contributed by atoms with Gasteiger partial charge in [0.05, 0.1) is 0 Å². The average molecular weight is 503 g/mol. The third-order valence-corrected chi connectivity index (χ3v) is 11.3. The van der Waals surface area contributed by atoms with Crippen molar-refractivity contribution < 1.29 is 19.1 Å². The van der Waals surface area contributed by atoms with Crippen LogP contribution in [-0.2, 0) is 20.4 Å². The fourth-order valence-electron chi connectivity index (χ4n) is 3.61. The molecule has 35 heavy (non-hydrogen) atoms. The SMILES string of the molecule is C=CCNC(=O)[C@@H](NC(=O)[C@@](CCCO)(Cc1ccc(C=C)cc1)O[Si](C)(C)C(C)(C)C)C(C)C. The van der Waals surface area contributed by atoms with E-state index < -0.39 is 20.0 Å². The summed E-state index contributed by atoms with van der Waals surface area (Å²) in [5.41, 5.74) is 0.704. The number of aliphatic hydroxyl groups excluding tert-OH is 1. The van der Waals surface area contributed by atoms with E-state index in [1.807, 2.05) is 38.1 Å². The van der Waals surface area contributed by atoms with Gasteiger partial charge in [-0.25, -0.2) is 0 Å². The van der Waals surface area contributed by atoms with Gasteiger partial charge in [-0.3, -0.25) is 9.59 Å². The highest BCUT2D eigenvalue weighted by Crippen LogP contribution is 2.41. The van der Waals surface area contributed by atoms with E-state index in [1.165, 1.54) is 0 Å². The van der Waals surface area contributed by atoms with E-state index in [2.05, 4.69) is 57.7 Å². The maximum absolute atomic E-state index is 14.1. The van der Waals surface area contributed by atoms with Gasteiger partial charge in [0.25, 0.3) is 5.91 Å². The van der Waals surface area contributed by atoms with Crippen molar-refractivity contribution in [3.8, 4) is 0 Å². The number of aliphatic hydroxyl groups is 1. The van der Waals surface area contributed by atoms with Crippen molar-refractivity contribution in [2.45, 2.75) is 83.7 Å². The summed E-state index contributed by atoms with van der Waals surface area (Å²) in [5, 5.41) is 15.4. The summed E-state index contributed by atoms with van der Waals surface area (Å²) in [6.07, 6.45) is 4.46. The van der Waals surface area contributed by atoms with Crippen molar-refractivity contribution in [3.63, 3.8) is 0 Å². The van der Waals surface area contributed by atoms with Gasteiger partial charge in [0, 0.05) is 19.6 Å². The Balaban J connectivity index is 3.53. The third kappa shape index (κ3) is 8.74. The quantitative estimate of drug-likeness (QED) is 0.251. The molecule has 0 radical (unpaired) electrons. The Kier molecular flexibility index (Phi) is 11.6. The van der Waals surface area contributed by atoms with Crippen molar-refractivity contribution in [3.05, 3.63) is 54.6 Å². The molecule has 0 fully saturated rings. The molecule has 0 aliphatic carbocycles. The largest absolute Gasteiger partial charge is 0.402 e. The minimum absolute atomic E-state index is 0.0568. The van der Waals surface area contributed by atoms with E-state index in [0.29, 0.717) is 25.8 Å². The number of carbonyl (C=O) groups is 2. The number of benzene rings is 1. The van der Waals surface area contributed by atoms with Crippen molar-refractivity contribution >= 4 is 26.2 Å². The number of amides is 2. The number of hydrogen-bond donors (Lipinski definition) is 3. The molecule has 1 rings (SSSR count). The van der Waals surface area contributed by atoms with Crippen LogP contribution in [0.2, 0.25) is 18.1 Å². The maximum atomic E-state index is 14.1. The number of hydrogen-bond acceptors (Lipinski definition) is 4. The predicted molar refractivity (Wildman–Crippen MR) is 148 cm³/mol. The number of nitrogens with one attached hydrogen (secondary N) is 2. The van der Waals surface area contributed by atoms with Crippen LogP contribution in [0.15, 0.2) is 43.5 Å². The van der Waals surface area contributed by atoms with Crippen molar-refractivity contribution in [1.29, 1.82) is 0 Å². The summed E-state index contributed by atoms with van der Waals surface area (Å²) in [6.45, 7) is 22.1. The molecule has 0 unspecified atom stereocenters. The van der Waals surface area contributed by atoms with Crippen molar-refractivity contribution in [2.24, 2.45) is 5.92 Å². The topological polar surface area (TPSA) is 87.7 Å². The first-order valence-corrected chi connectivity index (χ1v) is 15.4. The molecule has 0 aromatic heterocycles. The second kappa shape index (κ2) is 13.2. The molecule has 3 N–H and O–H groups in total. The van der Waals surface area contributed by atoms with Crippen LogP contribution in [0.4, 0.5) is 0 Å². The molecule has 0 aliphatic heterocycles. The summed E-state index contributed by atoms with van der Waals surface area (Å²) < 4.78 is 6.90. The van der Waals surface area contributed by atoms with E-state index >= 15 is 0 Å². The van der Waals surface area contributed by atoms with Crippen molar-refractivity contribution in [1.82, 2.24) is 10.6 Å². The summed E-state index contributed by atoms with van der Waals surface area (Å²) in [4.78, 5) is 26.9. The minimum atomic E-state index is -2.42. The second-order valence-electron chi connectivity index (χ2n) is 11.0. The van der Waals surface area contributed by atoms with Gasteiger partial charge in [0.15, 0.2) is 8.32 Å². The highest BCUT2D eigenvalue weighted by atomic mass is 28.4. The summed E-state index contributed by atoms with van der Waals surface area (Å²) in [5.74, 6) is -0.706. The van der Waals surface area contributed by atoms with Gasteiger partial charge < -0.3 is 20.2 Å². The predicted octanol–water partition coefficient (Wildman–Crippen LogP) is 4.85. The van der Waals surface area contributed by atoms with Gasteiger partial charge in [-0.1, -0.05) is 77.6 Å². The normalized spacial score (nSPS) is 14.7. The Labute approximate surface area is 213 Å². The van der Waals surface area contributed by atoms with Crippen LogP contribution in [0.5, 0.6) is 0 Å². The van der Waals surface area contributed by atoms with Gasteiger partial charge in [0.2, 0.25) is 5.91 Å². The molecule has 0 aliphatic rings. The molecule has 0 bridgehead atoms. The lowest BCUT2D eigenvalue weighted by atomic mass is 9.88. The Morgan fingerprint density at radius 3 is 2.20 bits per heavy atom. The molecule has 0 heterocycles. The van der Waals surface area contributed by atoms with E-state index in [0.717, 1.165) is 11.1 Å². The van der Waals surface area contributed by atoms with Crippen LogP contribution in [0, 0.1) is 5.92 Å². The van der Waals surface area contributed by atoms with Crippen LogP contribution < -0.4 is 10.6 Å². The summed E-state index contributed by atoms with van der Waals surface area (Å²) in [7, 11) is -2.42.